The number of ether oxygens (including phenoxy) is 3. The monoisotopic (exact) mass is 449 g/mol. The first kappa shape index (κ1) is 22.9. The van der Waals surface area contributed by atoms with Gasteiger partial charge < -0.3 is 18.8 Å². The number of esters is 1. The molecule has 0 fully saturated rings. The molecule has 7 nitrogen and oxygen atoms in total. The van der Waals surface area contributed by atoms with Crippen LogP contribution in [0.1, 0.15) is 50.9 Å². The van der Waals surface area contributed by atoms with Gasteiger partial charge in [-0.1, -0.05) is 37.3 Å². The first-order valence-electron chi connectivity index (χ1n) is 11.2. The van der Waals surface area contributed by atoms with Crippen molar-refractivity contribution in [2.45, 2.75) is 65.0 Å². The lowest BCUT2D eigenvalue weighted by molar-refractivity contribution is -0.163. The zero-order valence-corrected chi connectivity index (χ0v) is 19.8. The van der Waals surface area contributed by atoms with Crippen molar-refractivity contribution in [3.8, 4) is 5.88 Å². The number of nitrogens with two attached hydrogens (primary N) is 1. The van der Waals surface area contributed by atoms with Gasteiger partial charge in [-0.2, -0.15) is 0 Å². The van der Waals surface area contributed by atoms with E-state index in [1.165, 1.54) is 0 Å². The maximum absolute atomic E-state index is 12.8. The second kappa shape index (κ2) is 8.56. The Balaban J connectivity index is 1.82. The van der Waals surface area contributed by atoms with Gasteiger partial charge in [0.2, 0.25) is 11.6 Å². The Morgan fingerprint density at radius 2 is 1.94 bits per heavy atom. The summed E-state index contributed by atoms with van der Waals surface area (Å²) in [6.07, 6.45) is 4.72. The highest BCUT2D eigenvalue weighted by molar-refractivity contribution is 5.91. The van der Waals surface area contributed by atoms with Gasteiger partial charge in [0.25, 0.3) is 0 Å². The molecule has 1 aliphatic rings. The quantitative estimate of drug-likeness (QED) is 0.533. The van der Waals surface area contributed by atoms with E-state index in [4.69, 9.17) is 19.9 Å². The average molecular weight is 450 g/mol. The lowest BCUT2D eigenvalue weighted by Gasteiger charge is -2.32. The van der Waals surface area contributed by atoms with E-state index >= 15 is 0 Å². The fourth-order valence-corrected chi connectivity index (χ4v) is 4.08. The number of carbonyl (C=O) groups excluding carboxylic acids is 1. The molecule has 33 heavy (non-hydrogen) atoms. The molecule has 2 unspecified atom stereocenters. The van der Waals surface area contributed by atoms with Gasteiger partial charge in [0.05, 0.1) is 17.2 Å². The molecule has 0 aliphatic carbocycles. The summed E-state index contributed by atoms with van der Waals surface area (Å²) >= 11 is 0. The molecule has 0 saturated heterocycles. The van der Waals surface area contributed by atoms with Gasteiger partial charge in [-0.05, 0) is 45.7 Å². The highest BCUT2D eigenvalue weighted by Crippen LogP contribution is 2.42. The van der Waals surface area contributed by atoms with Crippen LogP contribution >= 0.6 is 0 Å². The number of aromatic nitrogens is 2. The third kappa shape index (κ3) is 4.46. The lowest BCUT2D eigenvalue weighted by Crippen LogP contribution is -2.41. The number of carbonyl (C=O) groups is 1. The standard InChI is InChI=1S/C26H31N3O4/c1-6-20(24(30)33-25(3,4)5)32-23-21-19(12-14-28-23)29(16-18-10-8-7-9-11-18)17(2)22(21)26(27)13-15-31-26/h7-15,20H,6,16,27H2,1-5H3. The van der Waals surface area contributed by atoms with Gasteiger partial charge in [-0.25, -0.2) is 9.78 Å². The van der Waals surface area contributed by atoms with Crippen LogP contribution in [0.5, 0.6) is 5.88 Å². The maximum Gasteiger partial charge on any atom is 0.347 e. The summed E-state index contributed by atoms with van der Waals surface area (Å²) in [7, 11) is 0. The number of nitrogens with zero attached hydrogens (tertiary/aromatic N) is 2. The van der Waals surface area contributed by atoms with Crippen molar-refractivity contribution in [1.82, 2.24) is 9.55 Å². The molecule has 3 heterocycles. The largest absolute Gasteiger partial charge is 0.473 e. The van der Waals surface area contributed by atoms with E-state index in [2.05, 4.69) is 21.7 Å². The van der Waals surface area contributed by atoms with Crippen LogP contribution in [0.25, 0.3) is 10.9 Å². The van der Waals surface area contributed by atoms with Crippen LogP contribution in [-0.4, -0.2) is 27.2 Å². The predicted octanol–water partition coefficient (Wildman–Crippen LogP) is 4.55. The van der Waals surface area contributed by atoms with E-state index in [9.17, 15) is 4.79 Å². The summed E-state index contributed by atoms with van der Waals surface area (Å²) < 4.78 is 19.6. The lowest BCUT2D eigenvalue weighted by atomic mass is 9.98. The number of benzene rings is 1. The van der Waals surface area contributed by atoms with Crippen LogP contribution in [0, 0.1) is 6.92 Å². The molecule has 1 aromatic carbocycles. The summed E-state index contributed by atoms with van der Waals surface area (Å²) in [5.74, 6) is -0.0862. The van der Waals surface area contributed by atoms with E-state index in [1.54, 1.807) is 12.5 Å². The molecule has 0 spiro atoms. The minimum absolute atomic E-state index is 0.337. The zero-order chi connectivity index (χ0) is 23.8. The van der Waals surface area contributed by atoms with Crippen molar-refractivity contribution in [1.29, 1.82) is 0 Å². The average Bonchev–Trinajstić information content (AvgIpc) is 3.02. The Bertz CT molecular complexity index is 1190. The highest BCUT2D eigenvalue weighted by atomic mass is 16.6. The summed E-state index contributed by atoms with van der Waals surface area (Å²) in [6, 6.07) is 12.1. The molecule has 2 atom stereocenters. The van der Waals surface area contributed by atoms with Crippen molar-refractivity contribution in [2.75, 3.05) is 0 Å². The first-order chi connectivity index (χ1) is 15.6. The Morgan fingerprint density at radius 1 is 1.24 bits per heavy atom. The van der Waals surface area contributed by atoms with Gasteiger partial charge in [-0.15, -0.1) is 0 Å². The summed E-state index contributed by atoms with van der Waals surface area (Å²) in [5, 5.41) is 0.736. The number of rotatable bonds is 7. The first-order valence-corrected chi connectivity index (χ1v) is 11.2. The highest BCUT2D eigenvalue weighted by Gasteiger charge is 2.39. The van der Waals surface area contributed by atoms with Crippen LogP contribution in [0.3, 0.4) is 0 Å². The van der Waals surface area contributed by atoms with Crippen LogP contribution in [0.15, 0.2) is 54.9 Å². The minimum atomic E-state index is -1.08. The van der Waals surface area contributed by atoms with Gasteiger partial charge >= 0.3 is 5.97 Å². The molecular weight excluding hydrogens is 418 g/mol. The Hall–Kier alpha value is -3.32. The second-order valence-electron chi connectivity index (χ2n) is 9.30. The molecule has 3 aromatic rings. The topological polar surface area (TPSA) is 88.6 Å². The normalized spacial score (nSPS) is 18.5. The third-order valence-corrected chi connectivity index (χ3v) is 5.65. The van der Waals surface area contributed by atoms with Crippen molar-refractivity contribution >= 4 is 16.9 Å². The Labute approximate surface area is 194 Å². The van der Waals surface area contributed by atoms with Crippen LogP contribution < -0.4 is 10.5 Å². The van der Waals surface area contributed by atoms with Crippen LogP contribution in [0.4, 0.5) is 0 Å². The molecule has 2 aromatic heterocycles. The molecule has 1 aliphatic heterocycles. The van der Waals surface area contributed by atoms with E-state index in [-0.39, 0.29) is 0 Å². The molecule has 0 amide bonds. The third-order valence-electron chi connectivity index (χ3n) is 5.65. The molecule has 2 N–H and O–H groups in total. The second-order valence-corrected chi connectivity index (χ2v) is 9.30. The van der Waals surface area contributed by atoms with Crippen molar-refractivity contribution in [2.24, 2.45) is 5.73 Å². The fourth-order valence-electron chi connectivity index (χ4n) is 4.08. The van der Waals surface area contributed by atoms with Crippen molar-refractivity contribution in [3.05, 3.63) is 71.8 Å². The number of hydrogen-bond donors (Lipinski definition) is 1. The van der Waals surface area contributed by atoms with Gasteiger partial charge in [0, 0.05) is 30.1 Å². The molecule has 174 valence electrons. The molecule has 4 rings (SSSR count). The molecule has 0 radical (unpaired) electrons. The van der Waals surface area contributed by atoms with E-state index < -0.39 is 23.4 Å². The van der Waals surface area contributed by atoms with E-state index in [0.29, 0.717) is 18.8 Å². The Morgan fingerprint density at radius 3 is 2.52 bits per heavy atom. The maximum atomic E-state index is 12.8. The summed E-state index contributed by atoms with van der Waals surface area (Å²) in [6.45, 7) is 10.0. The van der Waals surface area contributed by atoms with Gasteiger partial charge in [0.1, 0.15) is 5.60 Å². The Kier molecular flexibility index (Phi) is 5.93. The number of fused-ring (bicyclic) bond motifs is 1. The van der Waals surface area contributed by atoms with E-state index in [1.807, 2.05) is 65.0 Å². The predicted molar refractivity (Wildman–Crippen MR) is 127 cm³/mol. The van der Waals surface area contributed by atoms with E-state index in [0.717, 1.165) is 27.7 Å². The fraction of sp³-hybridized carbons (Fsp3) is 0.385. The zero-order valence-electron chi connectivity index (χ0n) is 19.8. The number of hydrogen-bond acceptors (Lipinski definition) is 6. The molecule has 0 saturated carbocycles. The van der Waals surface area contributed by atoms with Crippen LogP contribution in [-0.2, 0) is 26.5 Å². The SMILES string of the molecule is CCC(Oc1nccc2c1c(C1(N)C=CO1)c(C)n2Cc1ccccc1)C(=O)OC(C)(C)C. The smallest absolute Gasteiger partial charge is 0.347 e. The van der Waals surface area contributed by atoms with Crippen molar-refractivity contribution in [3.63, 3.8) is 0 Å². The minimum Gasteiger partial charge on any atom is -0.473 e. The van der Waals surface area contributed by atoms with Gasteiger partial charge in [-0.3, -0.25) is 5.73 Å². The van der Waals surface area contributed by atoms with Crippen molar-refractivity contribution < 1.29 is 19.0 Å². The molecular formula is C26H31N3O4. The summed E-state index contributed by atoms with van der Waals surface area (Å²) in [5.41, 5.74) is 8.66. The van der Waals surface area contributed by atoms with Gasteiger partial charge in [0.15, 0.2) is 6.10 Å². The summed E-state index contributed by atoms with van der Waals surface area (Å²) in [4.78, 5) is 17.2. The number of pyridine rings is 1. The molecule has 0 bridgehead atoms. The molecule has 7 heteroatoms. The van der Waals surface area contributed by atoms with Crippen LogP contribution in [0.2, 0.25) is 0 Å².